The van der Waals surface area contributed by atoms with E-state index in [-0.39, 0.29) is 42.6 Å². The van der Waals surface area contributed by atoms with Gasteiger partial charge in [-0.2, -0.15) is 5.10 Å². The molecule has 0 saturated carbocycles. The molecule has 144 heavy (non-hydrogen) atoms. The largest absolute Gasteiger partial charge is 0.362 e. The molecule has 0 N–H and O–H groups in total. The number of benzene rings is 8. The third kappa shape index (κ3) is 20.9. The molecular formula is C110H61Cl4F10N19S. The average Bonchev–Trinajstić information content (AvgIpc) is 1.19. The monoisotopic (exact) mass is 2010 g/mol. The van der Waals surface area contributed by atoms with Crippen LogP contribution in [0.5, 0.6) is 0 Å². The maximum absolute atomic E-state index is 14.2. The van der Waals surface area contributed by atoms with E-state index in [1.54, 1.807) is 143 Å². The molecule has 19 nitrogen and oxygen atoms in total. The van der Waals surface area contributed by atoms with Gasteiger partial charge in [-0.25, -0.2) is 77.7 Å². The number of fused-ring (bicyclic) bond motifs is 6. The molecule has 0 aliphatic carbocycles. The number of rotatable bonds is 12. The van der Waals surface area contributed by atoms with Crippen molar-refractivity contribution >= 4 is 113 Å². The maximum Gasteiger partial charge on any atom is 0.254 e. The van der Waals surface area contributed by atoms with Crippen molar-refractivity contribution in [3.05, 3.63) is 461 Å². The SMILES string of the molecule is Fc1cc(F)c(-c2ncccc2-c2ccc3nccn3c2)cc1F.Fc1cc(F)c(-c2ncccc2-c2ccc3ncsc3c2)cc1F.Fc1ccc(-c2ncccc2-c2ccc3ncccc3n2)cc1Cl.Fc1ccc(-c2ncccc2-c2ccc3nccnc3c2)cc1Cl.Fc1ccc(-c2ncccc2-c2ccc3ncnn3c2)cc1Cl.[C-]#[N+]c1cnc2ccc(-c3cccnc3-c3ccc(F)c(Cl)c3)cn12. The fourth-order valence-electron chi connectivity index (χ4n) is 15.7. The molecule has 0 spiro atoms. The zero-order valence-corrected chi connectivity index (χ0v) is 77.8. The van der Waals surface area contributed by atoms with Gasteiger partial charge in [0.15, 0.2) is 28.9 Å². The highest BCUT2D eigenvalue weighted by Gasteiger charge is 2.23. The standard InChI is InChI=1S/C19H10ClFN4.2C19H11ClFN3.C18H10F3N3.C18H9F3N2S.C17H10ClFN4/c1-22-18-10-24-17-7-5-13(11-25(17)18)14-3-2-8-23-19(14)12-4-6-16(21)15(20)9-12;20-14-11-12(5-6-15(14)21)19-13(3-1-10-23-19)16-7-8-17-18(24-16)4-2-9-22-17;20-15-10-13(3-5-16(15)21)19-14(2-1-7-24-19)12-4-6-17-18(11-12)23-9-8-22-17;19-14-9-16(21)15(20)8-13(14)18-12(2-1-5-23-18)11-3-4-17-22-6-7-24(17)10-11;19-13-8-15(21)14(20)7-12(13)18-11(2-1-5-22-18)10-3-4-16-17(6-10)24-9-23-16;18-14-8-11(3-5-15(14)19)17-13(2-1-7-20-17)12-4-6-16-21-10-22-23(16)9-12/h2-11H;2*1-11H;1-10H;1-9H;1-10H. The molecule has 0 radical (unpaired) electrons. The summed E-state index contributed by atoms with van der Waals surface area (Å²) >= 11 is 25.1. The summed E-state index contributed by atoms with van der Waals surface area (Å²) < 4.78 is 142. The minimum Gasteiger partial charge on any atom is -0.362 e. The minimum atomic E-state index is -1.23. The molecule has 0 unspecified atom stereocenters. The van der Waals surface area contributed by atoms with Gasteiger partial charge >= 0.3 is 0 Å². The van der Waals surface area contributed by atoms with Crippen LogP contribution < -0.4 is 0 Å². The molecule has 0 atom stereocenters. The molecule has 0 aliphatic heterocycles. The molecule has 34 heteroatoms. The lowest BCUT2D eigenvalue weighted by atomic mass is 9.99. The van der Waals surface area contributed by atoms with Crippen molar-refractivity contribution in [1.82, 2.24) is 88.2 Å². The van der Waals surface area contributed by atoms with E-state index in [1.807, 2.05) is 169 Å². The smallest absolute Gasteiger partial charge is 0.254 e. The van der Waals surface area contributed by atoms with Crippen LogP contribution in [-0.4, -0.2) is 88.2 Å². The number of hydrogen-bond donors (Lipinski definition) is 0. The number of halogens is 14. The summed E-state index contributed by atoms with van der Waals surface area (Å²) in [6.07, 6.45) is 26.9. The summed E-state index contributed by atoms with van der Waals surface area (Å²) in [7, 11) is 0. The fourth-order valence-corrected chi connectivity index (χ4v) is 17.1. The van der Waals surface area contributed by atoms with Gasteiger partial charge in [0.1, 0.15) is 46.9 Å². The first-order chi connectivity index (χ1) is 70.1. The van der Waals surface area contributed by atoms with E-state index in [9.17, 15) is 43.9 Å². The van der Waals surface area contributed by atoms with Crippen LogP contribution in [0.15, 0.2) is 372 Å². The topological polar surface area (TPSA) is 211 Å². The highest BCUT2D eigenvalue weighted by Crippen LogP contribution is 2.42. The van der Waals surface area contributed by atoms with Crippen LogP contribution in [0, 0.1) is 64.7 Å². The lowest BCUT2D eigenvalue weighted by Crippen LogP contribution is -1.96. The molecule has 16 heterocycles. The molecule has 0 amide bonds. The Labute approximate surface area is 835 Å². The third-order valence-corrected chi connectivity index (χ3v) is 24.5. The Morgan fingerprint density at radius 2 is 0.674 bits per heavy atom. The van der Waals surface area contributed by atoms with Gasteiger partial charge in [-0.15, -0.1) is 11.3 Å². The van der Waals surface area contributed by atoms with E-state index >= 15 is 0 Å². The second-order valence-corrected chi connectivity index (χ2v) is 33.9. The fraction of sp³-hybridized carbons (Fsp3) is 0. The Kier molecular flexibility index (Phi) is 28.2. The quantitative estimate of drug-likeness (QED) is 0.0632. The minimum absolute atomic E-state index is 0.0504. The summed E-state index contributed by atoms with van der Waals surface area (Å²) in [4.78, 5) is 63.9. The molecule has 0 fully saturated rings. The Hall–Kier alpha value is -17.6. The lowest BCUT2D eigenvalue weighted by Gasteiger charge is -2.10. The summed E-state index contributed by atoms with van der Waals surface area (Å²) in [6, 6.07) is 73.5. The van der Waals surface area contributed by atoms with Crippen molar-refractivity contribution in [2.45, 2.75) is 0 Å². The zero-order valence-electron chi connectivity index (χ0n) is 73.9. The number of imidazole rings is 2. The number of aromatic nitrogens is 18. The van der Waals surface area contributed by atoms with Crippen molar-refractivity contribution in [1.29, 1.82) is 0 Å². The average molecular weight is 2010 g/mol. The van der Waals surface area contributed by atoms with Crippen molar-refractivity contribution in [3.8, 4) is 134 Å². The van der Waals surface area contributed by atoms with Crippen molar-refractivity contribution in [2.75, 3.05) is 0 Å². The molecule has 24 rings (SSSR count). The van der Waals surface area contributed by atoms with Crippen molar-refractivity contribution in [3.63, 3.8) is 0 Å². The predicted molar refractivity (Wildman–Crippen MR) is 540 cm³/mol. The highest BCUT2D eigenvalue weighted by atomic mass is 35.5. The number of hydrogen-bond acceptors (Lipinski definition) is 16. The van der Waals surface area contributed by atoms with Crippen LogP contribution in [0.25, 0.3) is 189 Å². The van der Waals surface area contributed by atoms with Gasteiger partial charge in [0.05, 0.1) is 110 Å². The van der Waals surface area contributed by atoms with Gasteiger partial charge in [-0.05, 0) is 217 Å². The van der Waals surface area contributed by atoms with Gasteiger partial charge in [0.25, 0.3) is 5.82 Å². The Morgan fingerprint density at radius 3 is 1.21 bits per heavy atom. The molecule has 8 aromatic carbocycles. The summed E-state index contributed by atoms with van der Waals surface area (Å²) in [5.41, 5.74) is 24.2. The van der Waals surface area contributed by atoms with Crippen LogP contribution in [-0.2, 0) is 0 Å². The number of nitrogens with zero attached hydrogens (tertiary/aromatic N) is 19. The lowest BCUT2D eigenvalue weighted by molar-refractivity contribution is 0.496. The van der Waals surface area contributed by atoms with Crippen LogP contribution >= 0.6 is 57.7 Å². The molecule has 24 aromatic rings. The first-order valence-corrected chi connectivity index (χ1v) is 45.7. The van der Waals surface area contributed by atoms with E-state index in [2.05, 4.69) is 79.7 Å². The van der Waals surface area contributed by atoms with Crippen LogP contribution in [0.3, 0.4) is 0 Å². The Morgan fingerprint density at radius 1 is 0.271 bits per heavy atom. The molecule has 700 valence electrons. The zero-order chi connectivity index (χ0) is 99.6. The van der Waals surface area contributed by atoms with Crippen LogP contribution in [0.4, 0.5) is 49.7 Å². The molecule has 16 aromatic heterocycles. The van der Waals surface area contributed by atoms with Crippen molar-refractivity contribution in [2.24, 2.45) is 0 Å². The van der Waals surface area contributed by atoms with Gasteiger partial charge in [-0.1, -0.05) is 95.4 Å². The first-order valence-electron chi connectivity index (χ1n) is 43.3. The second-order valence-electron chi connectivity index (χ2n) is 31.4. The van der Waals surface area contributed by atoms with E-state index in [4.69, 9.17) is 53.0 Å². The number of pyridine rings is 11. The maximum atomic E-state index is 14.2. The van der Waals surface area contributed by atoms with Gasteiger partial charge in [0, 0.05) is 182 Å². The van der Waals surface area contributed by atoms with Gasteiger partial charge in [-0.3, -0.25) is 44.9 Å². The van der Waals surface area contributed by atoms with Crippen molar-refractivity contribution < 1.29 is 43.9 Å². The van der Waals surface area contributed by atoms with Gasteiger partial charge in [0.2, 0.25) is 5.65 Å². The Bertz CT molecular complexity index is 8700. The Balaban J connectivity index is 0.000000109. The van der Waals surface area contributed by atoms with Crippen LogP contribution in [0.2, 0.25) is 20.1 Å². The molecule has 0 bridgehead atoms. The predicted octanol–water partition coefficient (Wildman–Crippen LogP) is 29.9. The van der Waals surface area contributed by atoms with E-state index in [1.165, 1.54) is 60.5 Å². The van der Waals surface area contributed by atoms with E-state index < -0.39 is 58.2 Å². The van der Waals surface area contributed by atoms with E-state index in [0.29, 0.717) is 46.1 Å². The summed E-state index contributed by atoms with van der Waals surface area (Å²) in [5.74, 6) is -7.77. The number of thiazole rings is 1. The molecular weight excluding hydrogens is 1950 g/mol. The van der Waals surface area contributed by atoms with Crippen LogP contribution in [0.1, 0.15) is 0 Å². The van der Waals surface area contributed by atoms with Gasteiger partial charge < -0.3 is 9.25 Å². The normalized spacial score (nSPS) is 11.0. The summed E-state index contributed by atoms with van der Waals surface area (Å²) in [6.45, 7) is 7.24. The second kappa shape index (κ2) is 42.6. The molecule has 0 saturated heterocycles. The molecule has 0 aliphatic rings. The first kappa shape index (κ1) is 95.3. The van der Waals surface area contributed by atoms with E-state index in [0.717, 1.165) is 145 Å². The highest BCUT2D eigenvalue weighted by molar-refractivity contribution is 7.16. The third-order valence-electron chi connectivity index (χ3n) is 22.5. The summed E-state index contributed by atoms with van der Waals surface area (Å²) in [5, 5.41) is 4.42.